The Balaban J connectivity index is 1.66. The first-order valence-corrected chi connectivity index (χ1v) is 9.30. The second-order valence-electron chi connectivity index (χ2n) is 6.38. The monoisotopic (exact) mass is 384 g/mol. The average Bonchev–Trinajstić information content (AvgIpc) is 3.37. The first-order chi connectivity index (χ1) is 14.2. The first kappa shape index (κ1) is 18.4. The van der Waals surface area contributed by atoms with E-state index in [9.17, 15) is 4.79 Å². The molecule has 0 saturated heterocycles. The number of aromatic amines is 2. The maximum absolute atomic E-state index is 11.5. The van der Waals surface area contributed by atoms with Gasteiger partial charge in [0, 0.05) is 28.7 Å². The lowest BCUT2D eigenvalue weighted by atomic mass is 10.1. The van der Waals surface area contributed by atoms with Crippen LogP contribution in [0.5, 0.6) is 0 Å². The fourth-order valence-electron chi connectivity index (χ4n) is 3.16. The molecule has 3 aromatic heterocycles. The van der Waals surface area contributed by atoms with E-state index in [1.165, 1.54) is 6.08 Å². The number of H-pyrrole nitrogens is 2. The summed E-state index contributed by atoms with van der Waals surface area (Å²) in [5, 5.41) is 9.41. The van der Waals surface area contributed by atoms with Gasteiger partial charge in [0.25, 0.3) is 0 Å². The van der Waals surface area contributed by atoms with Gasteiger partial charge in [-0.1, -0.05) is 36.9 Å². The van der Waals surface area contributed by atoms with Crippen molar-refractivity contribution < 1.29 is 9.53 Å². The zero-order valence-electron chi connectivity index (χ0n) is 16.0. The van der Waals surface area contributed by atoms with Crippen LogP contribution in [-0.2, 0) is 9.53 Å². The van der Waals surface area contributed by atoms with Crippen molar-refractivity contribution in [3.63, 3.8) is 0 Å². The van der Waals surface area contributed by atoms with E-state index in [-0.39, 0.29) is 5.97 Å². The third-order valence-corrected chi connectivity index (χ3v) is 4.57. The zero-order valence-corrected chi connectivity index (χ0v) is 16.0. The molecule has 0 radical (unpaired) electrons. The molecule has 6 heteroatoms. The molecule has 0 fully saturated rings. The Morgan fingerprint density at radius 1 is 1.24 bits per heavy atom. The molecule has 0 unspecified atom stereocenters. The van der Waals surface area contributed by atoms with Gasteiger partial charge in [-0.25, -0.2) is 9.78 Å². The topological polar surface area (TPSA) is 83.7 Å². The minimum atomic E-state index is -0.382. The molecule has 0 spiro atoms. The molecule has 0 saturated carbocycles. The number of ether oxygens (including phenoxy) is 1. The van der Waals surface area contributed by atoms with Crippen LogP contribution in [0.2, 0.25) is 0 Å². The fraction of sp³-hybridized carbons (Fsp3) is 0.0870. The summed E-state index contributed by atoms with van der Waals surface area (Å²) >= 11 is 0. The molecule has 0 aliphatic heterocycles. The number of carbonyl (C=O) groups excluding carboxylic acids is 1. The average molecular weight is 384 g/mol. The molecular weight excluding hydrogens is 364 g/mol. The maximum atomic E-state index is 11.5. The lowest BCUT2D eigenvalue weighted by molar-refractivity contribution is -0.137. The molecule has 4 rings (SSSR count). The molecule has 4 aromatic rings. The van der Waals surface area contributed by atoms with Crippen molar-refractivity contribution in [3.05, 3.63) is 79.2 Å². The second kappa shape index (κ2) is 7.98. The number of benzene rings is 1. The highest BCUT2D eigenvalue weighted by molar-refractivity contribution is 5.93. The van der Waals surface area contributed by atoms with Crippen molar-refractivity contribution in [2.75, 3.05) is 6.61 Å². The van der Waals surface area contributed by atoms with E-state index in [0.717, 1.165) is 38.8 Å². The lowest BCUT2D eigenvalue weighted by Gasteiger charge is -2.02. The molecule has 29 heavy (non-hydrogen) atoms. The number of aromatic nitrogens is 4. The third kappa shape index (κ3) is 3.73. The van der Waals surface area contributed by atoms with Crippen molar-refractivity contribution in [2.45, 2.75) is 6.92 Å². The smallest absolute Gasteiger partial charge is 0.330 e. The Labute approximate surface area is 167 Å². The Hall–Kier alpha value is -3.93. The summed E-state index contributed by atoms with van der Waals surface area (Å²) in [6, 6.07) is 12.2. The van der Waals surface area contributed by atoms with Crippen LogP contribution in [0, 0.1) is 0 Å². The highest BCUT2D eigenvalue weighted by Crippen LogP contribution is 2.27. The molecule has 0 aliphatic rings. The molecule has 6 nitrogen and oxygen atoms in total. The Kier molecular flexibility index (Phi) is 5.07. The van der Waals surface area contributed by atoms with E-state index in [4.69, 9.17) is 9.72 Å². The standard InChI is InChI=1S/C23H20N4O2/c1-3-15(6-5-7-21(28)29-4-2)22-18-10-11-19(25-23(18)27-26-22)17-9-8-16-12-13-24-20(16)14-17/h3,5-14,24H,1,4H2,2H3,(H,25,26,27)/b7-5+,15-6+. The fourth-order valence-corrected chi connectivity index (χ4v) is 3.16. The number of nitrogens with zero attached hydrogens (tertiary/aromatic N) is 2. The Bertz CT molecular complexity index is 1260. The van der Waals surface area contributed by atoms with Crippen LogP contribution in [-0.4, -0.2) is 32.7 Å². The van der Waals surface area contributed by atoms with E-state index in [0.29, 0.717) is 12.3 Å². The number of rotatable bonds is 6. The number of hydrogen-bond acceptors (Lipinski definition) is 4. The van der Waals surface area contributed by atoms with Crippen LogP contribution < -0.4 is 0 Å². The number of esters is 1. The van der Waals surface area contributed by atoms with Crippen molar-refractivity contribution in [3.8, 4) is 11.3 Å². The van der Waals surface area contributed by atoms with Crippen LogP contribution in [0.3, 0.4) is 0 Å². The summed E-state index contributed by atoms with van der Waals surface area (Å²) in [5.74, 6) is -0.382. The molecule has 0 amide bonds. The SMILES string of the molecule is C=C/C(=C\C=C\C(=O)OCC)c1[nH]nc2nc(-c3ccc4cc[nH]c4c3)ccc12. The molecular formula is C23H20N4O2. The molecule has 2 N–H and O–H groups in total. The summed E-state index contributed by atoms with van der Waals surface area (Å²) < 4.78 is 4.88. The van der Waals surface area contributed by atoms with Crippen molar-refractivity contribution in [1.29, 1.82) is 0 Å². The molecule has 0 aliphatic carbocycles. The number of pyridine rings is 1. The van der Waals surface area contributed by atoms with Crippen LogP contribution in [0.15, 0.2) is 73.5 Å². The molecule has 3 heterocycles. The van der Waals surface area contributed by atoms with Crippen molar-refractivity contribution >= 4 is 33.5 Å². The van der Waals surface area contributed by atoms with Gasteiger partial charge in [0.2, 0.25) is 0 Å². The minimum absolute atomic E-state index is 0.344. The van der Waals surface area contributed by atoms with Crippen molar-refractivity contribution in [1.82, 2.24) is 20.2 Å². The van der Waals surface area contributed by atoms with E-state index < -0.39 is 0 Å². The van der Waals surface area contributed by atoms with Gasteiger partial charge in [-0.15, -0.1) is 0 Å². The number of fused-ring (bicyclic) bond motifs is 2. The van der Waals surface area contributed by atoms with Crippen LogP contribution >= 0.6 is 0 Å². The third-order valence-electron chi connectivity index (χ3n) is 4.57. The van der Waals surface area contributed by atoms with E-state index in [1.807, 2.05) is 30.5 Å². The lowest BCUT2D eigenvalue weighted by Crippen LogP contribution is -1.98. The van der Waals surface area contributed by atoms with Gasteiger partial charge in [0.15, 0.2) is 5.65 Å². The van der Waals surface area contributed by atoms with Gasteiger partial charge in [-0.3, -0.25) is 5.10 Å². The van der Waals surface area contributed by atoms with Gasteiger partial charge in [0.1, 0.15) is 0 Å². The summed E-state index contributed by atoms with van der Waals surface area (Å²) in [7, 11) is 0. The highest BCUT2D eigenvalue weighted by Gasteiger charge is 2.11. The number of allylic oxidation sites excluding steroid dienone is 4. The van der Waals surface area contributed by atoms with Crippen molar-refractivity contribution in [2.24, 2.45) is 0 Å². The number of hydrogen-bond donors (Lipinski definition) is 2. The quantitative estimate of drug-likeness (QED) is 0.284. The van der Waals surface area contributed by atoms with E-state index in [2.05, 4.69) is 33.9 Å². The molecule has 0 atom stereocenters. The van der Waals surface area contributed by atoms with Gasteiger partial charge >= 0.3 is 5.97 Å². The zero-order chi connectivity index (χ0) is 20.2. The summed E-state index contributed by atoms with van der Waals surface area (Å²) in [6.07, 6.45) is 8.41. The number of nitrogens with one attached hydrogen (secondary N) is 2. The maximum Gasteiger partial charge on any atom is 0.330 e. The van der Waals surface area contributed by atoms with Crippen LogP contribution in [0.4, 0.5) is 0 Å². The largest absolute Gasteiger partial charge is 0.463 e. The van der Waals surface area contributed by atoms with Gasteiger partial charge in [0.05, 0.1) is 18.0 Å². The Morgan fingerprint density at radius 2 is 2.14 bits per heavy atom. The normalized spacial score (nSPS) is 12.1. The number of carbonyl (C=O) groups is 1. The van der Waals surface area contributed by atoms with Gasteiger partial charge in [-0.05, 0) is 42.1 Å². The van der Waals surface area contributed by atoms with Gasteiger partial charge < -0.3 is 9.72 Å². The van der Waals surface area contributed by atoms with Gasteiger partial charge in [-0.2, -0.15) is 5.10 Å². The highest BCUT2D eigenvalue weighted by atomic mass is 16.5. The predicted octanol–water partition coefficient (Wildman–Crippen LogP) is 4.79. The second-order valence-corrected chi connectivity index (χ2v) is 6.38. The summed E-state index contributed by atoms with van der Waals surface area (Å²) in [5.41, 5.74) is 5.14. The Morgan fingerprint density at radius 3 is 2.97 bits per heavy atom. The molecule has 1 aromatic carbocycles. The predicted molar refractivity (Wildman–Crippen MR) is 115 cm³/mol. The summed E-state index contributed by atoms with van der Waals surface area (Å²) in [4.78, 5) is 19.4. The van der Waals surface area contributed by atoms with E-state index in [1.54, 1.807) is 25.2 Å². The van der Waals surface area contributed by atoms with E-state index >= 15 is 0 Å². The molecule has 0 bridgehead atoms. The van der Waals surface area contributed by atoms with Crippen LogP contribution in [0.25, 0.3) is 38.8 Å². The molecule has 144 valence electrons. The first-order valence-electron chi connectivity index (χ1n) is 9.30. The summed E-state index contributed by atoms with van der Waals surface area (Å²) in [6.45, 7) is 5.97. The minimum Gasteiger partial charge on any atom is -0.463 e. The van der Waals surface area contributed by atoms with Crippen LogP contribution in [0.1, 0.15) is 12.6 Å².